The van der Waals surface area contributed by atoms with Gasteiger partial charge >= 0.3 is 0 Å². The van der Waals surface area contributed by atoms with E-state index in [1.54, 1.807) is 45.3 Å². The van der Waals surface area contributed by atoms with Crippen molar-refractivity contribution in [2.24, 2.45) is 0 Å². The standard InChI is InChI=1S/C8H2S8/c9-1-3-5(15-7(11)13-3)2(10)6-4(1)14-8(12)16-6/h9-10H. The highest BCUT2D eigenvalue weighted by Gasteiger charge is 2.14. The Morgan fingerprint density at radius 2 is 0.875 bits per heavy atom. The number of hydrogen-bond donors (Lipinski definition) is 2. The highest BCUT2D eigenvalue weighted by Crippen LogP contribution is 2.46. The third-order valence-electron chi connectivity index (χ3n) is 2.01. The van der Waals surface area contributed by atoms with Crippen molar-refractivity contribution in [1.29, 1.82) is 0 Å². The van der Waals surface area contributed by atoms with E-state index in [4.69, 9.17) is 24.4 Å². The molecular weight excluding hydrogens is 353 g/mol. The van der Waals surface area contributed by atoms with Gasteiger partial charge in [-0.2, -0.15) is 0 Å². The van der Waals surface area contributed by atoms with Gasteiger partial charge in [0.05, 0.1) is 18.8 Å². The number of hydrogen-bond acceptors (Lipinski definition) is 8. The zero-order valence-electron chi connectivity index (χ0n) is 7.34. The molecule has 0 saturated heterocycles. The molecule has 3 aromatic rings. The first-order chi connectivity index (χ1) is 7.58. The van der Waals surface area contributed by atoms with Crippen molar-refractivity contribution in [3.63, 3.8) is 0 Å². The molecule has 0 amide bonds. The van der Waals surface area contributed by atoms with Crippen LogP contribution < -0.4 is 0 Å². The zero-order chi connectivity index (χ0) is 11.4. The van der Waals surface area contributed by atoms with Crippen LogP contribution in [0.5, 0.6) is 0 Å². The zero-order valence-corrected chi connectivity index (χ0v) is 14.0. The van der Waals surface area contributed by atoms with Gasteiger partial charge in [0.25, 0.3) is 0 Å². The fourth-order valence-electron chi connectivity index (χ4n) is 1.39. The number of thiol groups is 2. The van der Waals surface area contributed by atoms with E-state index in [1.807, 2.05) is 0 Å². The summed E-state index contributed by atoms with van der Waals surface area (Å²) in [5.41, 5.74) is 0. The predicted octanol–water partition coefficient (Wildman–Crippen LogP) is 6.28. The molecule has 8 heteroatoms. The van der Waals surface area contributed by atoms with Crippen LogP contribution in [0.4, 0.5) is 0 Å². The topological polar surface area (TPSA) is 0 Å². The van der Waals surface area contributed by atoms with Gasteiger partial charge in [-0.05, 0) is 0 Å². The van der Waals surface area contributed by atoms with Crippen molar-refractivity contribution in [2.45, 2.75) is 9.79 Å². The third kappa shape index (κ3) is 1.74. The molecule has 1 aromatic carbocycles. The summed E-state index contributed by atoms with van der Waals surface area (Å²) in [7, 11) is 0. The highest BCUT2D eigenvalue weighted by molar-refractivity contribution is 7.83. The average Bonchev–Trinajstić information content (AvgIpc) is 2.78. The molecular formula is C8H2S8. The van der Waals surface area contributed by atoms with Crippen LogP contribution >= 0.6 is 95.0 Å². The smallest absolute Gasteiger partial charge is 0.140 e. The Labute approximate surface area is 128 Å². The van der Waals surface area contributed by atoms with E-state index in [-0.39, 0.29) is 0 Å². The molecule has 0 spiro atoms. The molecule has 0 radical (unpaired) electrons. The maximum absolute atomic E-state index is 5.23. The van der Waals surface area contributed by atoms with Crippen LogP contribution in [0.15, 0.2) is 9.79 Å². The molecule has 0 aliphatic rings. The summed E-state index contributed by atoms with van der Waals surface area (Å²) in [4.78, 5) is 2.00. The van der Waals surface area contributed by atoms with Crippen molar-refractivity contribution in [3.05, 3.63) is 6.28 Å². The van der Waals surface area contributed by atoms with E-state index < -0.39 is 0 Å². The van der Waals surface area contributed by atoms with Gasteiger partial charge in [0.15, 0.2) is 0 Å². The Morgan fingerprint density at radius 3 is 1.12 bits per heavy atom. The largest absolute Gasteiger partial charge is 0.144 e. The molecule has 2 heterocycles. The molecule has 0 N–H and O–H groups in total. The fraction of sp³-hybridized carbons (Fsp3) is 0. The molecule has 0 aliphatic carbocycles. The Bertz CT molecular complexity index is 681. The fourth-order valence-corrected chi connectivity index (χ4v) is 7.89. The minimum Gasteiger partial charge on any atom is -0.140 e. The molecule has 0 bridgehead atoms. The normalized spacial score (nSPS) is 11.6. The SMILES string of the molecule is S=c1sc2c(S)c3sc(=S)sc3c(S)c2s1. The van der Waals surface area contributed by atoms with Gasteiger partial charge < -0.3 is 0 Å². The monoisotopic (exact) mass is 354 g/mol. The Kier molecular flexibility index (Phi) is 3.21. The first-order valence-corrected chi connectivity index (χ1v) is 8.97. The molecule has 0 atom stereocenters. The summed E-state index contributed by atoms with van der Waals surface area (Å²) in [5, 5.41) is 0. The van der Waals surface area contributed by atoms with Crippen molar-refractivity contribution < 1.29 is 0 Å². The molecule has 0 nitrogen and oxygen atoms in total. The van der Waals surface area contributed by atoms with Crippen molar-refractivity contribution in [3.8, 4) is 0 Å². The summed E-state index contributed by atoms with van der Waals surface area (Å²) >= 11 is 26.1. The van der Waals surface area contributed by atoms with Gasteiger partial charge in [-0.15, -0.1) is 70.6 Å². The Hall–Kier alpha value is 0.980. The Balaban J connectivity index is 2.74. The van der Waals surface area contributed by atoms with Crippen molar-refractivity contribution in [1.82, 2.24) is 0 Å². The molecule has 0 unspecified atom stereocenters. The molecule has 0 fully saturated rings. The van der Waals surface area contributed by atoms with Gasteiger partial charge in [-0.3, -0.25) is 0 Å². The van der Waals surface area contributed by atoms with Crippen molar-refractivity contribution >= 4 is 114 Å². The number of rotatable bonds is 0. The van der Waals surface area contributed by atoms with Crippen LogP contribution in [0, 0.1) is 6.28 Å². The maximum atomic E-state index is 5.23. The van der Waals surface area contributed by atoms with Crippen LogP contribution in [0.3, 0.4) is 0 Å². The van der Waals surface area contributed by atoms with Gasteiger partial charge in [-0.1, -0.05) is 24.4 Å². The van der Waals surface area contributed by atoms with E-state index in [0.29, 0.717) is 0 Å². The summed E-state index contributed by atoms with van der Waals surface area (Å²) in [6, 6.07) is 0. The summed E-state index contributed by atoms with van der Waals surface area (Å²) in [5.74, 6) is 0. The number of benzene rings is 1. The first kappa shape index (κ1) is 12.0. The lowest BCUT2D eigenvalue weighted by molar-refractivity contribution is 1.71. The van der Waals surface area contributed by atoms with Crippen LogP contribution in [0.1, 0.15) is 0 Å². The van der Waals surface area contributed by atoms with Crippen LogP contribution in [-0.4, -0.2) is 0 Å². The van der Waals surface area contributed by atoms with Gasteiger partial charge in [0, 0.05) is 9.79 Å². The van der Waals surface area contributed by atoms with E-state index in [2.05, 4.69) is 25.3 Å². The van der Waals surface area contributed by atoms with E-state index in [1.165, 1.54) is 0 Å². The quantitative estimate of drug-likeness (QED) is 0.360. The van der Waals surface area contributed by atoms with Crippen molar-refractivity contribution in [2.75, 3.05) is 0 Å². The first-order valence-electron chi connectivity index (χ1n) is 3.99. The third-order valence-corrected chi connectivity index (χ3v) is 8.89. The second-order valence-corrected chi connectivity index (χ2v) is 10.3. The highest BCUT2D eigenvalue weighted by atomic mass is 32.2. The molecule has 2 aromatic heterocycles. The second-order valence-electron chi connectivity index (χ2n) is 2.92. The molecule has 16 heavy (non-hydrogen) atoms. The lowest BCUT2D eigenvalue weighted by atomic mass is 10.3. The van der Waals surface area contributed by atoms with Gasteiger partial charge in [0.1, 0.15) is 6.28 Å². The second kappa shape index (κ2) is 4.27. The molecule has 0 aliphatic heterocycles. The number of fused-ring (bicyclic) bond motifs is 2. The van der Waals surface area contributed by atoms with E-state index >= 15 is 0 Å². The lowest BCUT2D eigenvalue weighted by Gasteiger charge is -2.00. The van der Waals surface area contributed by atoms with Crippen LogP contribution in [0.25, 0.3) is 18.8 Å². The molecule has 82 valence electrons. The predicted molar refractivity (Wildman–Crippen MR) is 89.1 cm³/mol. The van der Waals surface area contributed by atoms with Gasteiger partial charge in [0.2, 0.25) is 0 Å². The van der Waals surface area contributed by atoms with E-state index in [0.717, 1.165) is 34.9 Å². The summed E-state index contributed by atoms with van der Waals surface area (Å²) < 4.78 is 6.39. The maximum Gasteiger partial charge on any atom is 0.144 e. The van der Waals surface area contributed by atoms with E-state index in [9.17, 15) is 0 Å². The summed E-state index contributed by atoms with van der Waals surface area (Å²) in [6.07, 6.45) is 0. The lowest BCUT2D eigenvalue weighted by Crippen LogP contribution is -1.71. The Morgan fingerprint density at radius 1 is 0.625 bits per heavy atom. The average molecular weight is 355 g/mol. The summed E-state index contributed by atoms with van der Waals surface area (Å²) in [6.45, 7) is 0. The minimum atomic E-state index is 0.918. The van der Waals surface area contributed by atoms with Crippen LogP contribution in [0.2, 0.25) is 0 Å². The van der Waals surface area contributed by atoms with Crippen LogP contribution in [-0.2, 0) is 0 Å². The molecule has 3 rings (SSSR count). The minimum absolute atomic E-state index is 0.918. The molecule has 0 saturated carbocycles. The van der Waals surface area contributed by atoms with Gasteiger partial charge in [-0.25, -0.2) is 0 Å².